The molecule has 0 aliphatic heterocycles. The van der Waals surface area contributed by atoms with E-state index in [2.05, 4.69) is 24.9 Å². The molecule has 82 valence electrons. The average molecular weight is 205 g/mol. The first-order valence-corrected chi connectivity index (χ1v) is 5.25. The SMILES string of the molecule is C=CC(C)NCCc1ccccc1OC. The van der Waals surface area contributed by atoms with Crippen molar-refractivity contribution >= 4 is 0 Å². The fourth-order valence-electron chi connectivity index (χ4n) is 1.43. The minimum absolute atomic E-state index is 0.361. The third-order valence-electron chi connectivity index (χ3n) is 2.41. The molecule has 0 aromatic heterocycles. The number of benzene rings is 1. The van der Waals surface area contributed by atoms with Crippen molar-refractivity contribution in [1.82, 2.24) is 5.32 Å². The van der Waals surface area contributed by atoms with Gasteiger partial charge in [0, 0.05) is 6.04 Å². The Kier molecular flexibility index (Phi) is 4.91. The Bertz CT molecular complexity index is 309. The summed E-state index contributed by atoms with van der Waals surface area (Å²) in [5.41, 5.74) is 1.24. The molecular formula is C13H19NO. The molecule has 0 saturated carbocycles. The third kappa shape index (κ3) is 3.76. The smallest absolute Gasteiger partial charge is 0.122 e. The highest BCUT2D eigenvalue weighted by Crippen LogP contribution is 2.17. The Morgan fingerprint density at radius 3 is 2.87 bits per heavy atom. The number of rotatable bonds is 6. The molecule has 0 heterocycles. The summed E-state index contributed by atoms with van der Waals surface area (Å²) in [6.45, 7) is 6.76. The van der Waals surface area contributed by atoms with Crippen molar-refractivity contribution < 1.29 is 4.74 Å². The van der Waals surface area contributed by atoms with Crippen molar-refractivity contribution in [3.8, 4) is 5.75 Å². The monoisotopic (exact) mass is 205 g/mol. The van der Waals surface area contributed by atoms with Gasteiger partial charge in [-0.2, -0.15) is 0 Å². The predicted octanol–water partition coefficient (Wildman–Crippen LogP) is 2.40. The Morgan fingerprint density at radius 1 is 1.47 bits per heavy atom. The maximum absolute atomic E-state index is 5.28. The first kappa shape index (κ1) is 11.8. The van der Waals surface area contributed by atoms with Gasteiger partial charge in [0.05, 0.1) is 7.11 Å². The second-order valence-corrected chi connectivity index (χ2v) is 3.54. The quantitative estimate of drug-likeness (QED) is 0.720. The summed E-state index contributed by atoms with van der Waals surface area (Å²) in [6.07, 6.45) is 2.88. The number of nitrogens with one attached hydrogen (secondary N) is 1. The lowest BCUT2D eigenvalue weighted by Gasteiger charge is -2.11. The van der Waals surface area contributed by atoms with Gasteiger partial charge >= 0.3 is 0 Å². The second kappa shape index (κ2) is 6.25. The minimum atomic E-state index is 0.361. The van der Waals surface area contributed by atoms with Crippen molar-refractivity contribution in [1.29, 1.82) is 0 Å². The molecule has 1 rings (SSSR count). The molecule has 0 bridgehead atoms. The molecule has 1 aromatic carbocycles. The van der Waals surface area contributed by atoms with Gasteiger partial charge in [0.2, 0.25) is 0 Å². The van der Waals surface area contributed by atoms with Gasteiger partial charge in [-0.15, -0.1) is 6.58 Å². The highest BCUT2D eigenvalue weighted by atomic mass is 16.5. The van der Waals surface area contributed by atoms with Crippen LogP contribution in [-0.2, 0) is 6.42 Å². The summed E-state index contributed by atoms with van der Waals surface area (Å²) in [5, 5.41) is 3.36. The normalized spacial score (nSPS) is 12.1. The van der Waals surface area contributed by atoms with Crippen LogP contribution in [0.15, 0.2) is 36.9 Å². The van der Waals surface area contributed by atoms with E-state index in [-0.39, 0.29) is 0 Å². The molecule has 1 unspecified atom stereocenters. The van der Waals surface area contributed by atoms with Crippen molar-refractivity contribution in [2.75, 3.05) is 13.7 Å². The van der Waals surface area contributed by atoms with Crippen LogP contribution in [0.5, 0.6) is 5.75 Å². The molecule has 1 atom stereocenters. The summed E-state index contributed by atoms with van der Waals surface area (Å²) in [4.78, 5) is 0. The van der Waals surface area contributed by atoms with Crippen LogP contribution in [-0.4, -0.2) is 19.7 Å². The Labute approximate surface area is 92.0 Å². The van der Waals surface area contributed by atoms with E-state index >= 15 is 0 Å². The zero-order chi connectivity index (χ0) is 11.1. The lowest BCUT2D eigenvalue weighted by molar-refractivity contribution is 0.409. The summed E-state index contributed by atoms with van der Waals surface area (Å²) in [5.74, 6) is 0.963. The molecule has 2 nitrogen and oxygen atoms in total. The van der Waals surface area contributed by atoms with Crippen LogP contribution < -0.4 is 10.1 Å². The number of hydrogen-bond donors (Lipinski definition) is 1. The van der Waals surface area contributed by atoms with Crippen LogP contribution in [0, 0.1) is 0 Å². The largest absolute Gasteiger partial charge is 0.496 e. The Balaban J connectivity index is 2.46. The van der Waals surface area contributed by atoms with E-state index in [0.29, 0.717) is 6.04 Å². The molecule has 2 heteroatoms. The predicted molar refractivity (Wildman–Crippen MR) is 64.4 cm³/mol. The van der Waals surface area contributed by atoms with Gasteiger partial charge < -0.3 is 10.1 Å². The lowest BCUT2D eigenvalue weighted by atomic mass is 10.1. The molecule has 0 amide bonds. The summed E-state index contributed by atoms with van der Waals surface area (Å²) >= 11 is 0. The second-order valence-electron chi connectivity index (χ2n) is 3.54. The molecule has 1 aromatic rings. The van der Waals surface area contributed by atoms with Gasteiger partial charge in [-0.25, -0.2) is 0 Å². The fourth-order valence-corrected chi connectivity index (χ4v) is 1.43. The van der Waals surface area contributed by atoms with E-state index in [0.717, 1.165) is 18.7 Å². The number of para-hydroxylation sites is 1. The maximum Gasteiger partial charge on any atom is 0.122 e. The summed E-state index contributed by atoms with van der Waals surface area (Å²) in [6, 6.07) is 8.47. The van der Waals surface area contributed by atoms with Crippen molar-refractivity contribution in [3.63, 3.8) is 0 Å². The van der Waals surface area contributed by atoms with Gasteiger partial charge in [-0.1, -0.05) is 24.3 Å². The third-order valence-corrected chi connectivity index (χ3v) is 2.41. The van der Waals surface area contributed by atoms with Gasteiger partial charge in [-0.3, -0.25) is 0 Å². The van der Waals surface area contributed by atoms with Crippen molar-refractivity contribution in [3.05, 3.63) is 42.5 Å². The van der Waals surface area contributed by atoms with Crippen LogP contribution in [0.2, 0.25) is 0 Å². The summed E-state index contributed by atoms with van der Waals surface area (Å²) < 4.78 is 5.28. The van der Waals surface area contributed by atoms with E-state index in [1.807, 2.05) is 24.3 Å². The summed E-state index contributed by atoms with van der Waals surface area (Å²) in [7, 11) is 1.71. The van der Waals surface area contributed by atoms with Crippen LogP contribution >= 0.6 is 0 Å². The van der Waals surface area contributed by atoms with E-state index in [1.165, 1.54) is 5.56 Å². The number of ether oxygens (including phenoxy) is 1. The molecule has 0 spiro atoms. The molecule has 0 saturated heterocycles. The number of hydrogen-bond acceptors (Lipinski definition) is 2. The molecule has 0 aliphatic carbocycles. The zero-order valence-electron chi connectivity index (χ0n) is 9.49. The molecule has 0 radical (unpaired) electrons. The molecule has 15 heavy (non-hydrogen) atoms. The molecule has 0 aliphatic rings. The van der Waals surface area contributed by atoms with Crippen LogP contribution in [0.3, 0.4) is 0 Å². The van der Waals surface area contributed by atoms with E-state index < -0.39 is 0 Å². The average Bonchev–Trinajstić information content (AvgIpc) is 2.29. The zero-order valence-corrected chi connectivity index (χ0v) is 9.49. The maximum atomic E-state index is 5.28. The Hall–Kier alpha value is -1.28. The first-order valence-electron chi connectivity index (χ1n) is 5.25. The molecule has 0 fully saturated rings. The lowest BCUT2D eigenvalue weighted by Crippen LogP contribution is -2.25. The van der Waals surface area contributed by atoms with Crippen molar-refractivity contribution in [2.45, 2.75) is 19.4 Å². The molecule has 1 N–H and O–H groups in total. The van der Waals surface area contributed by atoms with Crippen LogP contribution in [0.25, 0.3) is 0 Å². The van der Waals surface area contributed by atoms with Crippen LogP contribution in [0.1, 0.15) is 12.5 Å². The van der Waals surface area contributed by atoms with Gasteiger partial charge in [-0.05, 0) is 31.5 Å². The van der Waals surface area contributed by atoms with Gasteiger partial charge in [0.25, 0.3) is 0 Å². The van der Waals surface area contributed by atoms with Crippen molar-refractivity contribution in [2.24, 2.45) is 0 Å². The highest BCUT2D eigenvalue weighted by molar-refractivity contribution is 5.33. The van der Waals surface area contributed by atoms with E-state index in [1.54, 1.807) is 7.11 Å². The van der Waals surface area contributed by atoms with E-state index in [4.69, 9.17) is 4.74 Å². The Morgan fingerprint density at radius 2 is 2.20 bits per heavy atom. The topological polar surface area (TPSA) is 21.3 Å². The fraction of sp³-hybridized carbons (Fsp3) is 0.385. The molecular weight excluding hydrogens is 186 g/mol. The standard InChI is InChI=1S/C13H19NO/c1-4-11(2)14-10-9-12-7-5-6-8-13(12)15-3/h4-8,11,14H,1,9-10H2,2-3H3. The minimum Gasteiger partial charge on any atom is -0.496 e. The number of methoxy groups -OCH3 is 1. The van der Waals surface area contributed by atoms with Crippen LogP contribution in [0.4, 0.5) is 0 Å². The highest BCUT2D eigenvalue weighted by Gasteiger charge is 2.01. The first-order chi connectivity index (χ1) is 7.27. The van der Waals surface area contributed by atoms with Gasteiger partial charge in [0.1, 0.15) is 5.75 Å². The van der Waals surface area contributed by atoms with Gasteiger partial charge in [0.15, 0.2) is 0 Å². The van der Waals surface area contributed by atoms with E-state index in [9.17, 15) is 0 Å².